The van der Waals surface area contributed by atoms with Crippen LogP contribution in [-0.4, -0.2) is 40.6 Å². The Bertz CT molecular complexity index is 359. The van der Waals surface area contributed by atoms with Gasteiger partial charge in [-0.3, -0.25) is 9.59 Å². The molecule has 0 aliphatic carbocycles. The van der Waals surface area contributed by atoms with Crippen LogP contribution in [0.25, 0.3) is 0 Å². The van der Waals surface area contributed by atoms with Crippen molar-refractivity contribution in [3.05, 3.63) is 6.42 Å². The molecule has 18 heavy (non-hydrogen) atoms. The molecule has 1 N–H and O–H groups in total. The second-order valence-corrected chi connectivity index (χ2v) is 4.65. The molecular formula is C12H19N2O3Y-. The number of hydrogen-bond donors (Lipinski definition) is 1. The number of carbonyl (C=O) groups is 3. The Labute approximate surface area is 133 Å². The average molecular weight is 328 g/mol. The maximum atomic E-state index is 12.2. The molecule has 2 unspecified atom stereocenters. The Kier molecular flexibility index (Phi) is 6.51. The fourth-order valence-corrected chi connectivity index (χ4v) is 1.92. The fourth-order valence-electron chi connectivity index (χ4n) is 1.92. The third-order valence-electron chi connectivity index (χ3n) is 3.30. The molecule has 0 spiro atoms. The summed E-state index contributed by atoms with van der Waals surface area (Å²) in [4.78, 5) is 36.3. The van der Waals surface area contributed by atoms with E-state index in [1.807, 2.05) is 0 Å². The van der Waals surface area contributed by atoms with Crippen molar-refractivity contribution in [1.29, 1.82) is 0 Å². The van der Waals surface area contributed by atoms with Gasteiger partial charge in [-0.1, -0.05) is 0 Å². The molecule has 1 radical (unpaired) electrons. The van der Waals surface area contributed by atoms with Gasteiger partial charge in [0.2, 0.25) is 5.91 Å². The number of nitrogens with one attached hydrogen (secondary N) is 1. The molecular weight excluding hydrogens is 309 g/mol. The monoisotopic (exact) mass is 328 g/mol. The Hall–Kier alpha value is -0.416. The number of rotatable bonds is 4. The minimum Gasteiger partial charge on any atom is -0.367 e. The van der Waals surface area contributed by atoms with E-state index >= 15 is 0 Å². The maximum absolute atomic E-state index is 12.2. The molecule has 2 amide bonds. The largest absolute Gasteiger partial charge is 0.367 e. The molecule has 1 heterocycles. The van der Waals surface area contributed by atoms with Crippen molar-refractivity contribution in [3.63, 3.8) is 0 Å². The molecule has 99 valence electrons. The Morgan fingerprint density at radius 2 is 2.06 bits per heavy atom. The van der Waals surface area contributed by atoms with Gasteiger partial charge in [-0.15, -0.1) is 0 Å². The summed E-state index contributed by atoms with van der Waals surface area (Å²) in [5.74, 6) is -0.496. The van der Waals surface area contributed by atoms with Crippen molar-refractivity contribution in [2.75, 3.05) is 6.54 Å². The van der Waals surface area contributed by atoms with Gasteiger partial charge in [0.05, 0.1) is 11.9 Å². The third kappa shape index (κ3) is 3.54. The van der Waals surface area contributed by atoms with Crippen LogP contribution in [0, 0.1) is 6.42 Å². The average Bonchev–Trinajstić information content (AvgIpc) is 2.54. The summed E-state index contributed by atoms with van der Waals surface area (Å²) >= 11 is 0. The van der Waals surface area contributed by atoms with Crippen molar-refractivity contribution < 1.29 is 47.1 Å². The predicted octanol–water partition coefficient (Wildman–Crippen LogP) is 0.293. The van der Waals surface area contributed by atoms with Crippen LogP contribution in [-0.2, 0) is 47.1 Å². The number of nitrogens with zero attached hydrogens (tertiary/aromatic N) is 1. The zero-order valence-corrected chi connectivity index (χ0v) is 14.2. The fraction of sp³-hybridized carbons (Fsp3) is 0.667. The van der Waals surface area contributed by atoms with Crippen molar-refractivity contribution in [2.45, 2.75) is 45.7 Å². The van der Waals surface area contributed by atoms with Crippen LogP contribution in [0.2, 0.25) is 0 Å². The normalized spacial score (nSPS) is 24.2. The molecule has 0 bridgehead atoms. The van der Waals surface area contributed by atoms with E-state index in [1.54, 1.807) is 20.8 Å². The van der Waals surface area contributed by atoms with Crippen LogP contribution in [0.1, 0.15) is 34.1 Å². The first-order valence-electron chi connectivity index (χ1n) is 5.75. The molecule has 2 atom stereocenters. The van der Waals surface area contributed by atoms with E-state index < -0.39 is 11.6 Å². The van der Waals surface area contributed by atoms with Gasteiger partial charge in [-0.05, 0) is 27.2 Å². The van der Waals surface area contributed by atoms with E-state index in [4.69, 9.17) is 0 Å². The summed E-state index contributed by atoms with van der Waals surface area (Å²) in [6.07, 6.45) is 1.92. The van der Waals surface area contributed by atoms with Crippen LogP contribution in [0.4, 0.5) is 0 Å². The Morgan fingerprint density at radius 1 is 1.50 bits per heavy atom. The first-order valence-corrected chi connectivity index (χ1v) is 5.75. The summed E-state index contributed by atoms with van der Waals surface area (Å²) in [6, 6.07) is -0.424. The summed E-state index contributed by atoms with van der Waals surface area (Å²) in [7, 11) is 0. The van der Waals surface area contributed by atoms with Crippen molar-refractivity contribution >= 4 is 17.6 Å². The van der Waals surface area contributed by atoms with Crippen molar-refractivity contribution in [2.24, 2.45) is 0 Å². The maximum Gasteiger partial charge on any atom is 0.248 e. The molecule has 1 aliphatic heterocycles. The van der Waals surface area contributed by atoms with Crippen LogP contribution < -0.4 is 5.32 Å². The van der Waals surface area contributed by atoms with Gasteiger partial charge < -0.3 is 21.4 Å². The van der Waals surface area contributed by atoms with Crippen molar-refractivity contribution in [1.82, 2.24) is 10.2 Å². The number of ketones is 1. The molecule has 0 saturated carbocycles. The number of carbonyl (C=O) groups excluding carboxylic acids is 3. The topological polar surface area (TPSA) is 66.5 Å². The first-order chi connectivity index (χ1) is 7.81. The van der Waals surface area contributed by atoms with Gasteiger partial charge in [-0.2, -0.15) is 6.92 Å². The molecule has 0 aromatic carbocycles. The van der Waals surface area contributed by atoms with E-state index in [2.05, 4.69) is 5.32 Å². The van der Waals surface area contributed by atoms with Gasteiger partial charge in [0.15, 0.2) is 5.78 Å². The molecule has 0 aromatic rings. The van der Waals surface area contributed by atoms with Crippen LogP contribution in [0.5, 0.6) is 0 Å². The summed E-state index contributed by atoms with van der Waals surface area (Å²) in [5.41, 5.74) is -0.882. The SMILES string of the molecule is C[CH-]C(=O)NC1(C)CCN(C(C)C(C)=O)C1=O.[Y]. The minimum atomic E-state index is -0.882. The predicted molar refractivity (Wildman–Crippen MR) is 63.0 cm³/mol. The number of hydrogen-bond acceptors (Lipinski definition) is 3. The van der Waals surface area contributed by atoms with E-state index in [0.717, 1.165) is 0 Å². The van der Waals surface area contributed by atoms with Crippen LogP contribution in [0.15, 0.2) is 0 Å². The van der Waals surface area contributed by atoms with E-state index in [-0.39, 0.29) is 50.3 Å². The third-order valence-corrected chi connectivity index (χ3v) is 3.30. The second-order valence-electron chi connectivity index (χ2n) is 4.65. The van der Waals surface area contributed by atoms with Crippen LogP contribution >= 0.6 is 0 Å². The first kappa shape index (κ1) is 17.6. The molecule has 1 saturated heterocycles. The summed E-state index contributed by atoms with van der Waals surface area (Å²) in [6.45, 7) is 6.99. The zero-order valence-electron chi connectivity index (χ0n) is 11.3. The van der Waals surface area contributed by atoms with Crippen molar-refractivity contribution in [3.8, 4) is 0 Å². The summed E-state index contributed by atoms with van der Waals surface area (Å²) < 4.78 is 0. The summed E-state index contributed by atoms with van der Waals surface area (Å²) in [5, 5.41) is 2.68. The van der Waals surface area contributed by atoms with E-state index in [1.165, 1.54) is 18.2 Å². The Balaban J connectivity index is 0.00000289. The zero-order chi connectivity index (χ0) is 13.2. The van der Waals surface area contributed by atoms with Crippen LogP contribution in [0.3, 0.4) is 0 Å². The van der Waals surface area contributed by atoms with E-state index in [9.17, 15) is 14.4 Å². The van der Waals surface area contributed by atoms with Gasteiger partial charge in [-0.25, -0.2) is 0 Å². The van der Waals surface area contributed by atoms with Gasteiger partial charge in [0, 0.05) is 39.3 Å². The van der Waals surface area contributed by atoms with Gasteiger partial charge in [0.25, 0.3) is 0 Å². The number of amides is 2. The molecule has 5 nitrogen and oxygen atoms in total. The minimum absolute atomic E-state index is 0. The van der Waals surface area contributed by atoms with Gasteiger partial charge >= 0.3 is 0 Å². The quantitative estimate of drug-likeness (QED) is 0.755. The number of Topliss-reactive ketones (excluding diaryl/α,β-unsaturated/α-hetero) is 1. The number of likely N-dealkylation sites (tertiary alicyclic amines) is 1. The van der Waals surface area contributed by atoms with Gasteiger partial charge in [0.1, 0.15) is 5.54 Å². The molecule has 1 rings (SSSR count). The molecule has 6 heteroatoms. The Morgan fingerprint density at radius 3 is 2.50 bits per heavy atom. The molecule has 0 aromatic heterocycles. The standard InChI is InChI=1S/C12H19N2O3.Y/c1-5-10(16)13-12(4)6-7-14(11(12)17)8(2)9(3)15;/h5,8H,6-7H2,1-4H3,(H,13,16);/q-1;. The second kappa shape index (κ2) is 6.66. The van der Waals surface area contributed by atoms with E-state index in [0.29, 0.717) is 13.0 Å². The molecule has 1 fully saturated rings. The smallest absolute Gasteiger partial charge is 0.248 e. The molecule has 1 aliphatic rings.